The van der Waals surface area contributed by atoms with E-state index in [4.69, 9.17) is 5.10 Å². The highest BCUT2D eigenvalue weighted by atomic mass is 16.2. The van der Waals surface area contributed by atoms with Crippen molar-refractivity contribution in [2.24, 2.45) is 0 Å². The number of aromatic nitrogens is 3. The third-order valence-corrected chi connectivity index (χ3v) is 9.79. The first-order valence-electron chi connectivity index (χ1n) is 16.7. The Kier molecular flexibility index (Phi) is 9.97. The van der Waals surface area contributed by atoms with E-state index in [9.17, 15) is 19.6 Å². The summed E-state index contributed by atoms with van der Waals surface area (Å²) >= 11 is 0. The van der Waals surface area contributed by atoms with Crippen LogP contribution in [0, 0.1) is 11.3 Å². The van der Waals surface area contributed by atoms with Gasteiger partial charge in [0.05, 0.1) is 24.1 Å². The SMILES string of the molecule is C=C(c1ccc2c(c1)CCc1cc(C(=O)N(C)C)ccc1C2(C[C@@H](C)NCC(=O)N1CCCC1C#N)c1nn(C(C)C)c(=O)[nH]1)N(C)C. The van der Waals surface area contributed by atoms with Gasteiger partial charge in [-0.1, -0.05) is 24.8 Å². The lowest BCUT2D eigenvalue weighted by molar-refractivity contribution is -0.130. The minimum absolute atomic E-state index is 0.0849. The van der Waals surface area contributed by atoms with Gasteiger partial charge in [-0.2, -0.15) is 10.4 Å². The van der Waals surface area contributed by atoms with Crippen LogP contribution in [0.5, 0.6) is 0 Å². The Hall–Kier alpha value is -4.69. The summed E-state index contributed by atoms with van der Waals surface area (Å²) in [6, 6.07) is 13.7. The molecule has 2 N–H and O–H groups in total. The molecule has 1 aliphatic carbocycles. The van der Waals surface area contributed by atoms with Gasteiger partial charge in [-0.15, -0.1) is 0 Å². The van der Waals surface area contributed by atoms with E-state index in [1.165, 1.54) is 4.68 Å². The maximum atomic E-state index is 13.4. The minimum Gasteiger partial charge on any atom is -0.378 e. The first kappa shape index (κ1) is 34.6. The van der Waals surface area contributed by atoms with Crippen molar-refractivity contribution in [1.82, 2.24) is 34.8 Å². The highest BCUT2D eigenvalue weighted by Gasteiger charge is 2.45. The molecule has 11 heteroatoms. The number of fused-ring (bicyclic) bond motifs is 2. The summed E-state index contributed by atoms with van der Waals surface area (Å²) in [5, 5.41) is 18.0. The van der Waals surface area contributed by atoms with E-state index in [1.54, 1.807) is 23.9 Å². The number of H-pyrrole nitrogens is 1. The molecule has 1 aromatic heterocycles. The van der Waals surface area contributed by atoms with Crippen LogP contribution in [0.1, 0.15) is 90.1 Å². The number of nitriles is 1. The molecule has 1 aliphatic heterocycles. The van der Waals surface area contributed by atoms with Crippen LogP contribution >= 0.6 is 0 Å². The average molecular weight is 653 g/mol. The van der Waals surface area contributed by atoms with Crippen molar-refractivity contribution in [2.45, 2.75) is 76.4 Å². The predicted octanol–water partition coefficient (Wildman–Crippen LogP) is 3.70. The topological polar surface area (TPSA) is 130 Å². The van der Waals surface area contributed by atoms with Gasteiger partial charge >= 0.3 is 5.69 Å². The summed E-state index contributed by atoms with van der Waals surface area (Å²) in [4.78, 5) is 48.2. The fraction of sp³-hybridized carbons (Fsp3) is 0.486. The molecule has 5 rings (SSSR count). The summed E-state index contributed by atoms with van der Waals surface area (Å²) in [6.07, 6.45) is 3.36. The zero-order chi connectivity index (χ0) is 34.9. The van der Waals surface area contributed by atoms with Gasteiger partial charge < -0.3 is 20.0 Å². The first-order valence-corrected chi connectivity index (χ1v) is 16.7. The maximum absolute atomic E-state index is 13.4. The molecule has 2 aromatic carbocycles. The van der Waals surface area contributed by atoms with E-state index >= 15 is 0 Å². The van der Waals surface area contributed by atoms with Crippen molar-refractivity contribution < 1.29 is 9.59 Å². The standard InChI is InChI=1S/C37H48N8O3/c1-23(2)45-36(48)40-35(41-45)37(20-24(3)39-22-33(46)44-17-9-10-30(44)21-38)31-15-13-26(25(4)42(5)6)18-27(31)11-12-28-19-29(14-16-32(28)37)34(47)43(7)8/h13-16,18-19,23-24,30,39H,4,9-12,17,20,22H2,1-3,5-8H3,(H,40,41,48)/t24-,30?,37?/m1/s1. The Bertz CT molecular complexity index is 1740. The molecular formula is C37H48N8O3. The Morgan fingerprint density at radius 2 is 1.69 bits per heavy atom. The highest BCUT2D eigenvalue weighted by molar-refractivity contribution is 5.94. The van der Waals surface area contributed by atoms with Gasteiger partial charge in [-0.25, -0.2) is 9.48 Å². The van der Waals surface area contributed by atoms with Crippen LogP contribution in [0.2, 0.25) is 0 Å². The molecule has 11 nitrogen and oxygen atoms in total. The lowest BCUT2D eigenvalue weighted by Gasteiger charge is -2.37. The molecule has 2 heterocycles. The smallest absolute Gasteiger partial charge is 0.343 e. The maximum Gasteiger partial charge on any atom is 0.343 e. The van der Waals surface area contributed by atoms with Crippen molar-refractivity contribution >= 4 is 17.5 Å². The lowest BCUT2D eigenvalue weighted by atomic mass is 9.67. The van der Waals surface area contributed by atoms with Crippen LogP contribution in [0.3, 0.4) is 0 Å². The Balaban J connectivity index is 1.69. The number of hydrogen-bond donors (Lipinski definition) is 2. The number of benzene rings is 2. The summed E-state index contributed by atoms with van der Waals surface area (Å²) < 4.78 is 1.48. The second-order valence-corrected chi connectivity index (χ2v) is 13.9. The summed E-state index contributed by atoms with van der Waals surface area (Å²) in [6.45, 7) is 10.9. The van der Waals surface area contributed by atoms with E-state index in [1.807, 2.05) is 58.0 Å². The van der Waals surface area contributed by atoms with Gasteiger partial charge in [-0.3, -0.25) is 14.6 Å². The largest absolute Gasteiger partial charge is 0.378 e. The quantitative estimate of drug-likeness (QED) is 0.342. The van der Waals surface area contributed by atoms with E-state index in [0.717, 1.165) is 39.9 Å². The Morgan fingerprint density at radius 1 is 1.06 bits per heavy atom. The van der Waals surface area contributed by atoms with E-state index in [-0.39, 0.29) is 36.1 Å². The highest BCUT2D eigenvalue weighted by Crippen LogP contribution is 2.47. The summed E-state index contributed by atoms with van der Waals surface area (Å²) in [5.74, 6) is 0.330. The van der Waals surface area contributed by atoms with Crippen molar-refractivity contribution in [3.8, 4) is 6.07 Å². The fourth-order valence-electron chi connectivity index (χ4n) is 7.22. The first-order chi connectivity index (χ1) is 22.8. The van der Waals surface area contributed by atoms with Gasteiger partial charge in [0.25, 0.3) is 5.91 Å². The zero-order valence-electron chi connectivity index (χ0n) is 29.3. The second-order valence-electron chi connectivity index (χ2n) is 13.9. The number of carbonyl (C=O) groups excluding carboxylic acids is 2. The van der Waals surface area contributed by atoms with Crippen LogP contribution in [0.4, 0.5) is 0 Å². The lowest BCUT2D eigenvalue weighted by Crippen LogP contribution is -2.45. The fourth-order valence-corrected chi connectivity index (χ4v) is 7.22. The molecule has 0 radical (unpaired) electrons. The molecule has 254 valence electrons. The summed E-state index contributed by atoms with van der Waals surface area (Å²) in [7, 11) is 7.42. The van der Waals surface area contributed by atoms with Crippen molar-refractivity contribution in [3.63, 3.8) is 0 Å². The van der Waals surface area contributed by atoms with Gasteiger partial charge in [0, 0.05) is 52.0 Å². The zero-order valence-corrected chi connectivity index (χ0v) is 29.3. The third-order valence-electron chi connectivity index (χ3n) is 9.79. The molecule has 0 spiro atoms. The molecule has 3 atom stereocenters. The van der Waals surface area contributed by atoms with Gasteiger partial charge in [-0.05, 0) is 98.9 Å². The van der Waals surface area contributed by atoms with Crippen LogP contribution < -0.4 is 11.0 Å². The van der Waals surface area contributed by atoms with E-state index in [2.05, 4.69) is 41.1 Å². The normalized spacial score (nSPS) is 19.2. The van der Waals surface area contributed by atoms with Crippen LogP contribution in [0.15, 0.2) is 47.8 Å². The molecule has 2 unspecified atom stereocenters. The van der Waals surface area contributed by atoms with Crippen LogP contribution in [-0.2, 0) is 23.1 Å². The van der Waals surface area contributed by atoms with Crippen molar-refractivity contribution in [3.05, 3.63) is 92.7 Å². The summed E-state index contributed by atoms with van der Waals surface area (Å²) in [5.41, 5.74) is 5.32. The number of amides is 2. The number of hydrogen-bond acceptors (Lipinski definition) is 7. The minimum atomic E-state index is -0.934. The van der Waals surface area contributed by atoms with Crippen molar-refractivity contribution in [1.29, 1.82) is 5.26 Å². The number of carbonyl (C=O) groups is 2. The monoisotopic (exact) mass is 652 g/mol. The van der Waals surface area contributed by atoms with Crippen LogP contribution in [-0.4, -0.2) is 94.6 Å². The number of aryl methyl sites for hydroxylation is 2. The third kappa shape index (κ3) is 6.41. The van der Waals surface area contributed by atoms with Gasteiger partial charge in [0.1, 0.15) is 11.9 Å². The molecule has 3 aromatic rings. The van der Waals surface area contributed by atoms with Crippen LogP contribution in [0.25, 0.3) is 5.70 Å². The second kappa shape index (κ2) is 13.8. The molecule has 2 aliphatic rings. The molecule has 1 fully saturated rings. The number of rotatable bonds is 10. The number of aromatic amines is 1. The Morgan fingerprint density at radius 3 is 2.25 bits per heavy atom. The predicted molar refractivity (Wildman–Crippen MR) is 187 cm³/mol. The molecule has 2 amide bonds. The number of likely N-dealkylation sites (tertiary alicyclic amines) is 1. The average Bonchev–Trinajstić information content (AvgIpc) is 3.68. The van der Waals surface area contributed by atoms with Crippen molar-refractivity contribution in [2.75, 3.05) is 41.3 Å². The van der Waals surface area contributed by atoms with Gasteiger partial charge in [0.15, 0.2) is 0 Å². The Labute approximate surface area is 283 Å². The molecular weight excluding hydrogens is 604 g/mol. The van der Waals surface area contributed by atoms with Gasteiger partial charge in [0.2, 0.25) is 5.91 Å². The van der Waals surface area contributed by atoms with E-state index < -0.39 is 11.5 Å². The number of nitrogens with one attached hydrogen (secondary N) is 2. The molecule has 1 saturated heterocycles. The number of nitrogens with zero attached hydrogens (tertiary/aromatic N) is 6. The van der Waals surface area contributed by atoms with E-state index in [0.29, 0.717) is 43.6 Å². The molecule has 48 heavy (non-hydrogen) atoms. The molecule has 0 bridgehead atoms. The molecule has 0 saturated carbocycles.